The standard InChI is InChI=1S/C13H21NO3/c1-4-5-13(15)7-6-11(8-16-3)14(2)12-9-17-10-12/h11-12H,4-5,8-10H2,1-3H3. The van der Waals surface area contributed by atoms with Crippen molar-refractivity contribution >= 4 is 5.78 Å². The van der Waals surface area contributed by atoms with E-state index in [1.807, 2.05) is 14.0 Å². The van der Waals surface area contributed by atoms with Crippen molar-refractivity contribution in [2.24, 2.45) is 0 Å². The maximum atomic E-state index is 11.4. The first-order chi connectivity index (χ1) is 8.19. The Morgan fingerprint density at radius 2 is 2.29 bits per heavy atom. The highest BCUT2D eigenvalue weighted by molar-refractivity contribution is 5.95. The van der Waals surface area contributed by atoms with Gasteiger partial charge in [0.25, 0.3) is 0 Å². The molecule has 96 valence electrons. The average molecular weight is 239 g/mol. The number of likely N-dealkylation sites (N-methyl/N-ethyl adjacent to an activating group) is 1. The molecule has 0 aliphatic carbocycles. The number of nitrogens with zero attached hydrogens (tertiary/aromatic N) is 1. The summed E-state index contributed by atoms with van der Waals surface area (Å²) < 4.78 is 10.3. The first-order valence-corrected chi connectivity index (χ1v) is 6.02. The zero-order valence-electron chi connectivity index (χ0n) is 10.9. The third-order valence-electron chi connectivity index (χ3n) is 2.87. The molecule has 0 N–H and O–H groups in total. The quantitative estimate of drug-likeness (QED) is 0.505. The van der Waals surface area contributed by atoms with Crippen LogP contribution in [0.3, 0.4) is 0 Å². The molecule has 0 aromatic heterocycles. The first-order valence-electron chi connectivity index (χ1n) is 6.02. The minimum absolute atomic E-state index is 0.00635. The van der Waals surface area contributed by atoms with E-state index in [0.29, 0.717) is 19.1 Å². The monoisotopic (exact) mass is 239 g/mol. The van der Waals surface area contributed by atoms with Gasteiger partial charge in [-0.3, -0.25) is 9.69 Å². The van der Waals surface area contributed by atoms with E-state index in [2.05, 4.69) is 16.7 Å². The molecule has 1 heterocycles. The van der Waals surface area contributed by atoms with Crippen LogP contribution in [0.2, 0.25) is 0 Å². The minimum Gasteiger partial charge on any atom is -0.382 e. The van der Waals surface area contributed by atoms with Crippen molar-refractivity contribution in [3.8, 4) is 11.8 Å². The van der Waals surface area contributed by atoms with E-state index in [1.54, 1.807) is 7.11 Å². The minimum atomic E-state index is -0.0327. The highest BCUT2D eigenvalue weighted by Crippen LogP contribution is 2.11. The second-order valence-corrected chi connectivity index (χ2v) is 4.27. The van der Waals surface area contributed by atoms with Crippen molar-refractivity contribution in [1.29, 1.82) is 0 Å². The zero-order chi connectivity index (χ0) is 12.7. The average Bonchev–Trinajstić information content (AvgIpc) is 2.22. The zero-order valence-corrected chi connectivity index (χ0v) is 10.9. The van der Waals surface area contributed by atoms with Crippen LogP contribution in [0, 0.1) is 11.8 Å². The van der Waals surface area contributed by atoms with Crippen LogP contribution in [-0.2, 0) is 14.3 Å². The van der Waals surface area contributed by atoms with E-state index in [1.165, 1.54) is 0 Å². The van der Waals surface area contributed by atoms with Gasteiger partial charge < -0.3 is 9.47 Å². The number of carbonyl (C=O) groups excluding carboxylic acids is 1. The summed E-state index contributed by atoms with van der Waals surface area (Å²) in [4.78, 5) is 13.5. The highest BCUT2D eigenvalue weighted by Gasteiger charge is 2.27. The molecule has 1 aliphatic rings. The van der Waals surface area contributed by atoms with E-state index in [-0.39, 0.29) is 11.8 Å². The molecule has 1 aliphatic heterocycles. The lowest BCUT2D eigenvalue weighted by molar-refractivity contribution is -0.113. The summed E-state index contributed by atoms with van der Waals surface area (Å²) in [5.41, 5.74) is 0. The van der Waals surface area contributed by atoms with Gasteiger partial charge in [0.05, 0.1) is 31.9 Å². The predicted molar refractivity (Wildman–Crippen MR) is 65.7 cm³/mol. The van der Waals surface area contributed by atoms with Crippen molar-refractivity contribution in [1.82, 2.24) is 4.90 Å². The lowest BCUT2D eigenvalue weighted by Crippen LogP contribution is -2.52. The molecule has 17 heavy (non-hydrogen) atoms. The molecule has 0 aromatic carbocycles. The van der Waals surface area contributed by atoms with Gasteiger partial charge in [-0.15, -0.1) is 0 Å². The molecule has 0 radical (unpaired) electrons. The first kappa shape index (κ1) is 14.2. The lowest BCUT2D eigenvalue weighted by Gasteiger charge is -2.37. The van der Waals surface area contributed by atoms with Gasteiger partial charge in [-0.05, 0) is 19.4 Å². The van der Waals surface area contributed by atoms with Gasteiger partial charge in [-0.2, -0.15) is 0 Å². The van der Waals surface area contributed by atoms with E-state index in [9.17, 15) is 4.79 Å². The second kappa shape index (κ2) is 7.44. The number of carbonyl (C=O) groups is 1. The lowest BCUT2D eigenvalue weighted by atomic mass is 10.1. The Hall–Kier alpha value is -0.890. The molecule has 4 nitrogen and oxygen atoms in total. The molecule has 4 heteroatoms. The fourth-order valence-electron chi connectivity index (χ4n) is 1.59. The maximum Gasteiger partial charge on any atom is 0.205 e. The summed E-state index contributed by atoms with van der Waals surface area (Å²) in [5.74, 6) is 5.71. The second-order valence-electron chi connectivity index (χ2n) is 4.27. The maximum absolute atomic E-state index is 11.4. The van der Waals surface area contributed by atoms with Crippen LogP contribution in [0.5, 0.6) is 0 Å². The van der Waals surface area contributed by atoms with Crippen LogP contribution in [0.1, 0.15) is 19.8 Å². The number of methoxy groups -OCH3 is 1. The van der Waals surface area contributed by atoms with Crippen LogP contribution in [0.4, 0.5) is 0 Å². The number of hydrogen-bond donors (Lipinski definition) is 0. The van der Waals surface area contributed by atoms with Crippen LogP contribution in [0.25, 0.3) is 0 Å². The molecule has 1 unspecified atom stereocenters. The molecule has 1 atom stereocenters. The molecular weight excluding hydrogens is 218 g/mol. The van der Waals surface area contributed by atoms with Crippen LogP contribution >= 0.6 is 0 Å². The number of ketones is 1. The Balaban J connectivity index is 2.54. The molecule has 1 rings (SSSR count). The van der Waals surface area contributed by atoms with E-state index < -0.39 is 0 Å². The van der Waals surface area contributed by atoms with Crippen LogP contribution < -0.4 is 0 Å². The summed E-state index contributed by atoms with van der Waals surface area (Å²) in [7, 11) is 3.64. The topological polar surface area (TPSA) is 38.8 Å². The Morgan fingerprint density at radius 1 is 1.59 bits per heavy atom. The normalized spacial score (nSPS) is 17.2. The van der Waals surface area contributed by atoms with Crippen LogP contribution in [0.15, 0.2) is 0 Å². The van der Waals surface area contributed by atoms with Gasteiger partial charge in [0.2, 0.25) is 5.78 Å². The van der Waals surface area contributed by atoms with Gasteiger partial charge in [0.15, 0.2) is 0 Å². The molecule has 1 saturated heterocycles. The summed E-state index contributed by atoms with van der Waals surface area (Å²) in [6.07, 6.45) is 1.37. The Labute approximate surface area is 103 Å². The van der Waals surface area contributed by atoms with Crippen molar-refractivity contribution in [3.63, 3.8) is 0 Å². The number of rotatable bonds is 6. The number of ether oxygens (including phenoxy) is 2. The Morgan fingerprint density at radius 3 is 2.76 bits per heavy atom. The van der Waals surface area contributed by atoms with Gasteiger partial charge in [0, 0.05) is 13.5 Å². The number of Topliss-reactive ketones (excluding diaryl/α,β-unsaturated/α-hetero) is 1. The van der Waals surface area contributed by atoms with Gasteiger partial charge in [-0.1, -0.05) is 12.8 Å². The van der Waals surface area contributed by atoms with E-state index in [0.717, 1.165) is 19.6 Å². The smallest absolute Gasteiger partial charge is 0.205 e. The van der Waals surface area contributed by atoms with Crippen molar-refractivity contribution < 1.29 is 14.3 Å². The van der Waals surface area contributed by atoms with Gasteiger partial charge in [0.1, 0.15) is 0 Å². The Kier molecular flexibility index (Phi) is 6.20. The fourth-order valence-corrected chi connectivity index (χ4v) is 1.59. The summed E-state index contributed by atoms with van der Waals surface area (Å²) in [5, 5.41) is 0. The third kappa shape index (κ3) is 4.47. The molecule has 0 amide bonds. The molecule has 0 aromatic rings. The molecule has 0 bridgehead atoms. The number of hydrogen-bond acceptors (Lipinski definition) is 4. The molecule has 0 spiro atoms. The van der Waals surface area contributed by atoms with E-state index >= 15 is 0 Å². The summed E-state index contributed by atoms with van der Waals surface area (Å²) in [6.45, 7) is 3.96. The largest absolute Gasteiger partial charge is 0.382 e. The highest BCUT2D eigenvalue weighted by atomic mass is 16.5. The van der Waals surface area contributed by atoms with Gasteiger partial charge in [-0.25, -0.2) is 0 Å². The molecule has 1 fully saturated rings. The Bertz CT molecular complexity index is 302. The third-order valence-corrected chi connectivity index (χ3v) is 2.87. The predicted octanol–water partition coefficient (Wildman–Crippen LogP) is 0.705. The van der Waals surface area contributed by atoms with Crippen molar-refractivity contribution in [3.05, 3.63) is 0 Å². The SMILES string of the molecule is CCCC(=O)C#CC(COC)N(C)C1COC1. The van der Waals surface area contributed by atoms with Crippen LogP contribution in [-0.4, -0.2) is 56.7 Å². The molecule has 0 saturated carbocycles. The summed E-state index contributed by atoms with van der Waals surface area (Å²) >= 11 is 0. The van der Waals surface area contributed by atoms with E-state index in [4.69, 9.17) is 9.47 Å². The van der Waals surface area contributed by atoms with Gasteiger partial charge >= 0.3 is 0 Å². The fraction of sp³-hybridized carbons (Fsp3) is 0.769. The van der Waals surface area contributed by atoms with Crippen molar-refractivity contribution in [2.45, 2.75) is 31.8 Å². The summed E-state index contributed by atoms with van der Waals surface area (Å²) in [6, 6.07) is 0.362. The van der Waals surface area contributed by atoms with Crippen molar-refractivity contribution in [2.75, 3.05) is 34.0 Å². The molecular formula is C13H21NO3.